The Labute approximate surface area is 211 Å². The topological polar surface area (TPSA) is 71.8 Å². The Balaban J connectivity index is 0.000000256. The Hall–Kier alpha value is -3.16. The summed E-state index contributed by atoms with van der Waals surface area (Å²) in [6.07, 6.45) is 4.33. The van der Waals surface area contributed by atoms with Crippen LogP contribution in [0.4, 0.5) is 0 Å². The molecule has 0 N–H and O–H groups in total. The molecule has 2 aromatic carbocycles. The number of halogens is 1. The van der Waals surface area contributed by atoms with Gasteiger partial charge in [-0.25, -0.2) is 0 Å². The molecule has 4 rings (SSSR count). The van der Waals surface area contributed by atoms with Crippen LogP contribution in [0.3, 0.4) is 0 Å². The molecule has 8 heteroatoms. The Kier molecular flexibility index (Phi) is 9.07. The average molecular weight is 498 g/mol. The van der Waals surface area contributed by atoms with E-state index in [2.05, 4.69) is 9.64 Å². The number of rotatable bonds is 8. The zero-order valence-electron chi connectivity index (χ0n) is 20.4. The quantitative estimate of drug-likeness (QED) is 0.341. The first-order chi connectivity index (χ1) is 16.8. The lowest BCUT2D eigenvalue weighted by atomic mass is 9.85. The first-order valence-electron chi connectivity index (χ1n) is 11.6. The van der Waals surface area contributed by atoms with E-state index in [0.29, 0.717) is 31.0 Å². The van der Waals surface area contributed by atoms with Crippen molar-refractivity contribution in [3.05, 3.63) is 71.4 Å². The van der Waals surface area contributed by atoms with E-state index in [1.807, 2.05) is 73.5 Å². The highest BCUT2D eigenvalue weighted by Gasteiger charge is 2.46. The molecule has 1 unspecified atom stereocenters. The van der Waals surface area contributed by atoms with Crippen LogP contribution in [-0.2, 0) is 25.7 Å². The van der Waals surface area contributed by atoms with Crippen LogP contribution in [0.25, 0.3) is 10.9 Å². The van der Waals surface area contributed by atoms with Crippen LogP contribution in [0.2, 0.25) is 5.02 Å². The molecule has 2 heterocycles. The molecule has 0 bridgehead atoms. The fraction of sp³-hybridized carbons (Fsp3) is 0.370. The maximum Gasteiger partial charge on any atom is 0.305 e. The lowest BCUT2D eigenvalue weighted by Gasteiger charge is -2.49. The van der Waals surface area contributed by atoms with E-state index in [1.165, 1.54) is 7.11 Å². The van der Waals surface area contributed by atoms with Crippen LogP contribution in [0, 0.1) is 0 Å². The summed E-state index contributed by atoms with van der Waals surface area (Å²) in [6.45, 7) is 3.95. The van der Waals surface area contributed by atoms with Gasteiger partial charge in [0, 0.05) is 42.7 Å². The molecule has 1 aliphatic heterocycles. The van der Waals surface area contributed by atoms with Crippen LogP contribution < -0.4 is 0 Å². The van der Waals surface area contributed by atoms with Crippen molar-refractivity contribution >= 4 is 40.8 Å². The van der Waals surface area contributed by atoms with E-state index in [1.54, 1.807) is 10.8 Å². The molecule has 1 saturated heterocycles. The molecule has 1 atom stereocenters. The lowest BCUT2D eigenvalue weighted by molar-refractivity contribution is -0.152. The summed E-state index contributed by atoms with van der Waals surface area (Å²) in [4.78, 5) is 38.7. The summed E-state index contributed by atoms with van der Waals surface area (Å²) in [5, 5.41) is 1.77. The van der Waals surface area contributed by atoms with Gasteiger partial charge in [0.1, 0.15) is 0 Å². The van der Waals surface area contributed by atoms with E-state index in [-0.39, 0.29) is 11.9 Å². The summed E-state index contributed by atoms with van der Waals surface area (Å²) in [5.41, 5.74) is 1.54. The zero-order valence-corrected chi connectivity index (χ0v) is 21.2. The Morgan fingerprint density at radius 1 is 1.14 bits per heavy atom. The number of carbonyl (C=O) groups excluding carboxylic acids is 3. The summed E-state index contributed by atoms with van der Waals surface area (Å²) in [6, 6.07) is 17.2. The van der Waals surface area contributed by atoms with Crippen molar-refractivity contribution in [2.75, 3.05) is 27.2 Å². The minimum Gasteiger partial charge on any atom is -0.469 e. The van der Waals surface area contributed by atoms with E-state index in [9.17, 15) is 14.4 Å². The third kappa shape index (κ3) is 6.50. The third-order valence-electron chi connectivity index (χ3n) is 6.59. The van der Waals surface area contributed by atoms with Crippen LogP contribution in [0.5, 0.6) is 0 Å². The molecule has 0 saturated carbocycles. The number of benzene rings is 2. The van der Waals surface area contributed by atoms with Crippen LogP contribution >= 0.6 is 11.6 Å². The minimum atomic E-state index is -0.447. The monoisotopic (exact) mass is 497 g/mol. The molecule has 1 amide bonds. The van der Waals surface area contributed by atoms with Crippen molar-refractivity contribution in [3.63, 3.8) is 0 Å². The predicted molar refractivity (Wildman–Crippen MR) is 138 cm³/mol. The summed E-state index contributed by atoms with van der Waals surface area (Å²) < 4.78 is 6.24. The second kappa shape index (κ2) is 12.0. The maximum atomic E-state index is 13.0. The number of likely N-dealkylation sites (N-methyl/N-ethyl adjacent to an activating group) is 1. The minimum absolute atomic E-state index is 0.107. The number of aromatic nitrogens is 1. The number of nitrogens with zero attached hydrogens (tertiary/aromatic N) is 3. The number of likely N-dealkylation sites (tertiary alicyclic amines) is 1. The van der Waals surface area contributed by atoms with Crippen LogP contribution in [0.15, 0.2) is 60.8 Å². The van der Waals surface area contributed by atoms with Crippen LogP contribution in [0.1, 0.15) is 31.7 Å². The normalized spacial score (nSPS) is 17.1. The molecule has 0 radical (unpaired) electrons. The number of amides is 1. The van der Waals surface area contributed by atoms with Crippen molar-refractivity contribution in [1.82, 2.24) is 14.4 Å². The van der Waals surface area contributed by atoms with E-state index in [0.717, 1.165) is 35.8 Å². The smallest absolute Gasteiger partial charge is 0.305 e. The highest BCUT2D eigenvalue weighted by Crippen LogP contribution is 2.31. The van der Waals surface area contributed by atoms with Gasteiger partial charge < -0.3 is 9.64 Å². The van der Waals surface area contributed by atoms with Gasteiger partial charge in [-0.2, -0.15) is 0 Å². The van der Waals surface area contributed by atoms with Crippen molar-refractivity contribution in [1.29, 1.82) is 0 Å². The predicted octanol–water partition coefficient (Wildman–Crippen LogP) is 4.40. The number of esters is 1. The van der Waals surface area contributed by atoms with E-state index < -0.39 is 5.54 Å². The molecule has 35 heavy (non-hydrogen) atoms. The van der Waals surface area contributed by atoms with Gasteiger partial charge in [-0.05, 0) is 56.6 Å². The standard InChI is InChI=1S/C18H25ClN2O3.C9H7NO/c1-18(10-12-20(18)2)17(23)21(11-4-5-16(22)24-3)13-14-6-8-15(19)9-7-14;11-7-10-6-5-8-3-1-2-4-9(8)10/h6-9H,4-5,10-13H2,1-3H3;1-7H. The van der Waals surface area contributed by atoms with Gasteiger partial charge in [-0.3, -0.25) is 23.9 Å². The highest BCUT2D eigenvalue weighted by molar-refractivity contribution is 6.30. The van der Waals surface area contributed by atoms with Crippen molar-refractivity contribution < 1.29 is 19.1 Å². The largest absolute Gasteiger partial charge is 0.469 e. The molecule has 3 aromatic rings. The fourth-order valence-electron chi connectivity index (χ4n) is 4.06. The molecule has 7 nitrogen and oxygen atoms in total. The average Bonchev–Trinajstić information content (AvgIpc) is 3.31. The summed E-state index contributed by atoms with van der Waals surface area (Å²) >= 11 is 5.93. The van der Waals surface area contributed by atoms with Gasteiger partial charge in [0.05, 0.1) is 18.2 Å². The number of fused-ring (bicyclic) bond motifs is 1. The zero-order chi connectivity index (χ0) is 25.4. The Morgan fingerprint density at radius 3 is 2.46 bits per heavy atom. The van der Waals surface area contributed by atoms with Crippen molar-refractivity contribution in [2.45, 2.75) is 38.3 Å². The molecule has 1 fully saturated rings. The first-order valence-corrected chi connectivity index (χ1v) is 12.0. The van der Waals surface area contributed by atoms with Gasteiger partial charge in [0.15, 0.2) is 0 Å². The van der Waals surface area contributed by atoms with Gasteiger partial charge >= 0.3 is 5.97 Å². The van der Waals surface area contributed by atoms with Gasteiger partial charge in [-0.1, -0.05) is 41.9 Å². The molecule has 0 aliphatic carbocycles. The summed E-state index contributed by atoms with van der Waals surface area (Å²) in [7, 11) is 3.35. The SMILES string of the molecule is COC(=O)CCCN(Cc1ccc(Cl)cc1)C(=O)C1(C)CCN1C.O=Cn1ccc2ccccc21. The van der Waals surface area contributed by atoms with Crippen LogP contribution in [-0.4, -0.2) is 65.4 Å². The van der Waals surface area contributed by atoms with Crippen molar-refractivity contribution in [2.24, 2.45) is 0 Å². The fourth-order valence-corrected chi connectivity index (χ4v) is 4.18. The van der Waals surface area contributed by atoms with Gasteiger partial charge in [-0.15, -0.1) is 0 Å². The number of hydrogen-bond acceptors (Lipinski definition) is 5. The molecule has 1 aromatic heterocycles. The van der Waals surface area contributed by atoms with Gasteiger partial charge in [0.2, 0.25) is 12.3 Å². The van der Waals surface area contributed by atoms with Gasteiger partial charge in [0.25, 0.3) is 0 Å². The molecular formula is C27H32ClN3O4. The second-order valence-corrected chi connectivity index (χ2v) is 9.30. The van der Waals surface area contributed by atoms with Crippen molar-refractivity contribution in [3.8, 4) is 0 Å². The Bertz CT molecular complexity index is 1160. The molecule has 186 valence electrons. The molecular weight excluding hydrogens is 466 g/mol. The number of ether oxygens (including phenoxy) is 1. The maximum absolute atomic E-state index is 13.0. The summed E-state index contributed by atoms with van der Waals surface area (Å²) in [5.74, 6) is -0.142. The number of methoxy groups -OCH3 is 1. The Morgan fingerprint density at radius 2 is 1.86 bits per heavy atom. The highest BCUT2D eigenvalue weighted by atomic mass is 35.5. The number of hydrogen-bond donors (Lipinski definition) is 0. The third-order valence-corrected chi connectivity index (χ3v) is 6.84. The van der Waals surface area contributed by atoms with E-state index >= 15 is 0 Å². The second-order valence-electron chi connectivity index (χ2n) is 8.87. The first kappa shape index (κ1) is 26.4. The molecule has 0 spiro atoms. The number of para-hydroxylation sites is 1. The lowest BCUT2D eigenvalue weighted by Crippen LogP contribution is -2.64. The van der Waals surface area contributed by atoms with E-state index in [4.69, 9.17) is 11.6 Å². The number of carbonyl (C=O) groups is 3. The molecule has 1 aliphatic rings.